The molecule has 0 radical (unpaired) electrons. The smallest absolute Gasteiger partial charge is 0.307 e. The molecule has 0 saturated heterocycles. The van der Waals surface area contributed by atoms with Crippen LogP contribution in [0.25, 0.3) is 22.4 Å². The predicted molar refractivity (Wildman–Crippen MR) is 83.7 cm³/mol. The zero-order chi connectivity index (χ0) is 15.0. The van der Waals surface area contributed by atoms with Crippen molar-refractivity contribution in [2.75, 3.05) is 0 Å². The Morgan fingerprint density at radius 3 is 2.95 bits per heavy atom. The number of rotatable bonds is 4. The van der Waals surface area contributed by atoms with Gasteiger partial charge in [-0.15, -0.1) is 0 Å². The zero-order valence-corrected chi connectivity index (χ0v) is 13.1. The minimum atomic E-state index is -0.937. The van der Waals surface area contributed by atoms with Crippen molar-refractivity contribution in [2.24, 2.45) is 0 Å². The molecule has 2 heterocycles. The molecule has 7 heteroatoms. The SMILES string of the molecule is O=C(O)CCn1c(-c2cc3cc(Br)ccc3o2)csc1=O. The van der Waals surface area contributed by atoms with Crippen LogP contribution in [-0.2, 0) is 11.3 Å². The number of furan rings is 1. The summed E-state index contributed by atoms with van der Waals surface area (Å²) in [6, 6.07) is 7.49. The van der Waals surface area contributed by atoms with Crippen molar-refractivity contribution in [1.29, 1.82) is 0 Å². The Morgan fingerprint density at radius 2 is 2.19 bits per heavy atom. The third kappa shape index (κ3) is 2.79. The predicted octanol–water partition coefficient (Wildman–Crippen LogP) is 3.56. The van der Waals surface area contributed by atoms with Crippen molar-refractivity contribution in [2.45, 2.75) is 13.0 Å². The number of benzene rings is 1. The van der Waals surface area contributed by atoms with Crippen LogP contribution >= 0.6 is 27.3 Å². The van der Waals surface area contributed by atoms with Crippen LogP contribution in [0.5, 0.6) is 0 Å². The van der Waals surface area contributed by atoms with Crippen LogP contribution in [0.4, 0.5) is 0 Å². The van der Waals surface area contributed by atoms with Crippen LogP contribution in [0.2, 0.25) is 0 Å². The van der Waals surface area contributed by atoms with Gasteiger partial charge in [0.05, 0.1) is 12.1 Å². The molecule has 0 aliphatic heterocycles. The molecule has 0 amide bonds. The Kier molecular flexibility index (Phi) is 3.69. The summed E-state index contributed by atoms with van der Waals surface area (Å²) in [5.74, 6) is -0.376. The molecule has 1 N–H and O–H groups in total. The third-order valence-electron chi connectivity index (χ3n) is 3.06. The van der Waals surface area contributed by atoms with Gasteiger partial charge < -0.3 is 9.52 Å². The number of halogens is 1. The molecular formula is C14H10BrNO4S. The summed E-state index contributed by atoms with van der Waals surface area (Å²) in [5.41, 5.74) is 1.33. The van der Waals surface area contributed by atoms with Gasteiger partial charge in [0.25, 0.3) is 0 Å². The first-order valence-electron chi connectivity index (χ1n) is 6.14. The first-order valence-corrected chi connectivity index (χ1v) is 7.81. The van der Waals surface area contributed by atoms with E-state index in [0.29, 0.717) is 11.5 Å². The van der Waals surface area contributed by atoms with Gasteiger partial charge in [0, 0.05) is 21.8 Å². The second-order valence-corrected chi connectivity index (χ2v) is 6.21. The highest BCUT2D eigenvalue weighted by atomic mass is 79.9. The van der Waals surface area contributed by atoms with E-state index in [1.807, 2.05) is 24.3 Å². The van der Waals surface area contributed by atoms with E-state index in [2.05, 4.69) is 15.9 Å². The van der Waals surface area contributed by atoms with E-state index in [9.17, 15) is 9.59 Å². The monoisotopic (exact) mass is 367 g/mol. The van der Waals surface area contributed by atoms with E-state index in [4.69, 9.17) is 9.52 Å². The van der Waals surface area contributed by atoms with Crippen molar-refractivity contribution in [3.63, 3.8) is 0 Å². The van der Waals surface area contributed by atoms with Crippen molar-refractivity contribution < 1.29 is 14.3 Å². The van der Waals surface area contributed by atoms with E-state index in [1.165, 1.54) is 4.57 Å². The first-order chi connectivity index (χ1) is 10.0. The van der Waals surface area contributed by atoms with Crippen molar-refractivity contribution in [3.8, 4) is 11.5 Å². The fourth-order valence-corrected chi connectivity index (χ4v) is 3.23. The summed E-state index contributed by atoms with van der Waals surface area (Å²) >= 11 is 4.43. The van der Waals surface area contributed by atoms with E-state index in [1.54, 1.807) is 5.38 Å². The number of aromatic nitrogens is 1. The summed E-state index contributed by atoms with van der Waals surface area (Å²) in [6.45, 7) is 0.133. The van der Waals surface area contributed by atoms with E-state index < -0.39 is 5.97 Å². The number of nitrogens with zero attached hydrogens (tertiary/aromatic N) is 1. The molecule has 0 unspecified atom stereocenters. The number of carboxylic acids is 1. The summed E-state index contributed by atoms with van der Waals surface area (Å²) in [5, 5.41) is 11.4. The molecular weight excluding hydrogens is 358 g/mol. The lowest BCUT2D eigenvalue weighted by Gasteiger charge is -2.02. The van der Waals surface area contributed by atoms with E-state index >= 15 is 0 Å². The molecule has 2 aromatic heterocycles. The molecule has 0 fully saturated rings. The maximum atomic E-state index is 11.8. The van der Waals surface area contributed by atoms with Gasteiger partial charge in [-0.1, -0.05) is 27.3 Å². The summed E-state index contributed by atoms with van der Waals surface area (Å²) in [7, 11) is 0. The highest BCUT2D eigenvalue weighted by molar-refractivity contribution is 9.10. The fraction of sp³-hybridized carbons (Fsp3) is 0.143. The van der Waals surface area contributed by atoms with Gasteiger partial charge in [0.1, 0.15) is 5.58 Å². The topological polar surface area (TPSA) is 72.4 Å². The van der Waals surface area contributed by atoms with Gasteiger partial charge in [-0.25, -0.2) is 0 Å². The highest BCUT2D eigenvalue weighted by Gasteiger charge is 2.14. The molecule has 108 valence electrons. The van der Waals surface area contributed by atoms with Gasteiger partial charge in [0.2, 0.25) is 0 Å². The number of hydrogen-bond acceptors (Lipinski definition) is 4. The zero-order valence-electron chi connectivity index (χ0n) is 10.7. The molecule has 0 aliphatic rings. The molecule has 3 rings (SSSR count). The van der Waals surface area contributed by atoms with Crippen LogP contribution in [0, 0.1) is 0 Å². The standard InChI is InChI=1S/C14H10BrNO4S/c15-9-1-2-11-8(5-9)6-12(20-11)10-7-21-14(19)16(10)4-3-13(17)18/h1-2,5-7H,3-4H2,(H,17,18). The molecule has 0 atom stereocenters. The summed E-state index contributed by atoms with van der Waals surface area (Å²) < 4.78 is 8.13. The molecule has 0 saturated carbocycles. The molecule has 3 aromatic rings. The Hall–Kier alpha value is -1.86. The van der Waals surface area contributed by atoms with Crippen molar-refractivity contribution in [1.82, 2.24) is 4.57 Å². The molecule has 21 heavy (non-hydrogen) atoms. The molecule has 0 spiro atoms. The molecule has 0 bridgehead atoms. The number of thiazole rings is 1. The summed E-state index contributed by atoms with van der Waals surface area (Å²) in [6.07, 6.45) is -0.102. The number of fused-ring (bicyclic) bond motifs is 1. The normalized spacial score (nSPS) is 11.1. The quantitative estimate of drug-likeness (QED) is 0.764. The van der Waals surface area contributed by atoms with Crippen molar-refractivity contribution >= 4 is 44.2 Å². The minimum absolute atomic E-state index is 0.102. The average molecular weight is 368 g/mol. The largest absolute Gasteiger partial charge is 0.481 e. The van der Waals surface area contributed by atoms with Gasteiger partial charge in [-0.3, -0.25) is 14.2 Å². The van der Waals surface area contributed by atoms with Crippen LogP contribution < -0.4 is 4.87 Å². The Bertz CT molecular complexity index is 877. The Labute approximate surface area is 131 Å². The maximum Gasteiger partial charge on any atom is 0.307 e. The fourth-order valence-electron chi connectivity index (χ4n) is 2.08. The van der Waals surface area contributed by atoms with Gasteiger partial charge in [-0.05, 0) is 24.3 Å². The lowest BCUT2D eigenvalue weighted by atomic mass is 10.2. The van der Waals surface area contributed by atoms with E-state index in [-0.39, 0.29) is 17.8 Å². The second-order valence-electron chi connectivity index (χ2n) is 4.48. The number of carbonyl (C=O) groups is 1. The number of carboxylic acid groups (broad SMARTS) is 1. The first kappa shape index (κ1) is 14.1. The lowest BCUT2D eigenvalue weighted by Crippen LogP contribution is -2.16. The Morgan fingerprint density at radius 1 is 1.38 bits per heavy atom. The van der Waals surface area contributed by atoms with Gasteiger partial charge in [-0.2, -0.15) is 0 Å². The minimum Gasteiger partial charge on any atom is -0.481 e. The number of aliphatic carboxylic acids is 1. The Balaban J connectivity index is 2.06. The molecule has 5 nitrogen and oxygen atoms in total. The van der Waals surface area contributed by atoms with Gasteiger partial charge in [0.15, 0.2) is 5.76 Å². The van der Waals surface area contributed by atoms with Crippen LogP contribution in [0.3, 0.4) is 0 Å². The van der Waals surface area contributed by atoms with E-state index in [0.717, 1.165) is 26.8 Å². The second kappa shape index (κ2) is 5.50. The summed E-state index contributed by atoms with van der Waals surface area (Å²) in [4.78, 5) is 22.3. The third-order valence-corrected chi connectivity index (χ3v) is 4.32. The lowest BCUT2D eigenvalue weighted by molar-refractivity contribution is -0.137. The molecule has 0 aliphatic carbocycles. The van der Waals surface area contributed by atoms with Crippen LogP contribution in [0.1, 0.15) is 6.42 Å². The highest BCUT2D eigenvalue weighted by Crippen LogP contribution is 2.30. The maximum absolute atomic E-state index is 11.8. The van der Waals surface area contributed by atoms with Gasteiger partial charge >= 0.3 is 10.8 Å². The number of hydrogen-bond donors (Lipinski definition) is 1. The average Bonchev–Trinajstić information content (AvgIpc) is 2.99. The molecule has 1 aromatic carbocycles. The van der Waals surface area contributed by atoms with Crippen molar-refractivity contribution in [3.05, 3.63) is 43.8 Å². The van der Waals surface area contributed by atoms with Crippen LogP contribution in [-0.4, -0.2) is 15.6 Å². The van der Waals surface area contributed by atoms with Crippen LogP contribution in [0.15, 0.2) is 43.3 Å².